The summed E-state index contributed by atoms with van der Waals surface area (Å²) in [5.74, 6) is 0.600. The van der Waals surface area contributed by atoms with Crippen LogP contribution >= 0.6 is 0 Å². The number of hydrogen-bond acceptors (Lipinski definition) is 3. The van der Waals surface area contributed by atoms with Gasteiger partial charge in [-0.1, -0.05) is 26.2 Å². The number of hydrogen-bond donors (Lipinski definition) is 2. The summed E-state index contributed by atoms with van der Waals surface area (Å²) in [4.78, 5) is 14.6. The monoisotopic (exact) mass is 289 g/mol. The average molecular weight is 289 g/mol. The van der Waals surface area contributed by atoms with Crippen LogP contribution in [-0.2, 0) is 0 Å². The molecule has 2 rings (SSSR count). The zero-order valence-electron chi connectivity index (χ0n) is 13.4. The van der Waals surface area contributed by atoms with Crippen LogP contribution in [0.2, 0.25) is 0 Å². The summed E-state index contributed by atoms with van der Waals surface area (Å²) in [6.07, 6.45) is 5.93. The molecule has 3 N–H and O–H groups in total. The van der Waals surface area contributed by atoms with Crippen molar-refractivity contribution in [2.45, 2.75) is 45.1 Å². The molecule has 0 spiro atoms. The number of nitrogens with zero attached hydrogens (tertiary/aromatic N) is 1. The summed E-state index contributed by atoms with van der Waals surface area (Å²) >= 11 is 0. The Hall–Kier alpha value is -1.71. The van der Waals surface area contributed by atoms with Gasteiger partial charge in [-0.25, -0.2) is 0 Å². The lowest BCUT2D eigenvalue weighted by Gasteiger charge is -2.32. The van der Waals surface area contributed by atoms with Crippen LogP contribution < -0.4 is 16.0 Å². The molecule has 0 bridgehead atoms. The summed E-state index contributed by atoms with van der Waals surface area (Å²) in [6, 6.07) is 5.81. The van der Waals surface area contributed by atoms with E-state index in [9.17, 15) is 4.79 Å². The van der Waals surface area contributed by atoms with Crippen molar-refractivity contribution in [2.75, 3.05) is 24.7 Å². The number of nitrogen functional groups attached to an aromatic ring is 1. The van der Waals surface area contributed by atoms with E-state index in [0.29, 0.717) is 23.2 Å². The number of benzene rings is 1. The Kier molecular flexibility index (Phi) is 5.10. The molecule has 0 aromatic heterocycles. The number of carbonyl (C=O) groups excluding carboxylic acids is 1. The minimum atomic E-state index is -0.00338. The molecule has 1 fully saturated rings. The molecule has 0 radical (unpaired) electrons. The van der Waals surface area contributed by atoms with Gasteiger partial charge in [0, 0.05) is 31.5 Å². The highest BCUT2D eigenvalue weighted by Crippen LogP contribution is 2.28. The number of amides is 1. The van der Waals surface area contributed by atoms with E-state index in [1.165, 1.54) is 19.3 Å². The molecule has 0 saturated heterocycles. The van der Waals surface area contributed by atoms with Gasteiger partial charge in [0.15, 0.2) is 0 Å². The molecule has 1 aromatic rings. The highest BCUT2D eigenvalue weighted by atomic mass is 16.1. The first-order valence-corrected chi connectivity index (χ1v) is 7.90. The quantitative estimate of drug-likeness (QED) is 0.838. The fourth-order valence-corrected chi connectivity index (χ4v) is 3.26. The molecular formula is C17H27N3O. The summed E-state index contributed by atoms with van der Waals surface area (Å²) in [5, 5.41) is 3.24. The van der Waals surface area contributed by atoms with Crippen LogP contribution in [0.25, 0.3) is 0 Å². The maximum Gasteiger partial charge on any atom is 0.253 e. The molecule has 21 heavy (non-hydrogen) atoms. The zero-order valence-corrected chi connectivity index (χ0v) is 13.4. The van der Waals surface area contributed by atoms with Gasteiger partial charge in [-0.15, -0.1) is 0 Å². The van der Waals surface area contributed by atoms with Crippen molar-refractivity contribution < 1.29 is 4.79 Å². The number of rotatable bonds is 4. The Labute approximate surface area is 127 Å². The van der Waals surface area contributed by atoms with Gasteiger partial charge in [0.05, 0.1) is 5.56 Å². The lowest BCUT2D eigenvalue weighted by molar-refractivity contribution is 0.0905. The lowest BCUT2D eigenvalue weighted by Crippen LogP contribution is -2.42. The van der Waals surface area contributed by atoms with E-state index in [1.807, 2.05) is 31.1 Å². The van der Waals surface area contributed by atoms with Crippen LogP contribution in [0.4, 0.5) is 11.4 Å². The van der Waals surface area contributed by atoms with Crippen LogP contribution in [0.15, 0.2) is 18.2 Å². The zero-order chi connectivity index (χ0) is 15.4. The average Bonchev–Trinajstić information content (AvgIpc) is 2.47. The van der Waals surface area contributed by atoms with Gasteiger partial charge in [0.1, 0.15) is 0 Å². The minimum Gasteiger partial charge on any atom is -0.399 e. The predicted octanol–water partition coefficient (Wildman–Crippen LogP) is 3.03. The van der Waals surface area contributed by atoms with Gasteiger partial charge >= 0.3 is 0 Å². The van der Waals surface area contributed by atoms with E-state index < -0.39 is 0 Å². The number of nitrogens with one attached hydrogen (secondary N) is 1. The Morgan fingerprint density at radius 2 is 2.05 bits per heavy atom. The largest absolute Gasteiger partial charge is 0.399 e. The van der Waals surface area contributed by atoms with Crippen molar-refractivity contribution in [1.82, 2.24) is 5.32 Å². The third-order valence-corrected chi connectivity index (χ3v) is 4.50. The summed E-state index contributed by atoms with van der Waals surface area (Å²) in [5.41, 5.74) is 8.05. The smallest absolute Gasteiger partial charge is 0.253 e. The van der Waals surface area contributed by atoms with Gasteiger partial charge in [-0.05, 0) is 37.0 Å². The molecule has 4 nitrogen and oxygen atoms in total. The second-order valence-electron chi connectivity index (χ2n) is 6.20. The SMILES string of the molecule is CCC1CCCCC1NC(=O)c1cc(N)ccc1N(C)C. The van der Waals surface area contributed by atoms with Gasteiger partial charge in [-0.3, -0.25) is 4.79 Å². The summed E-state index contributed by atoms with van der Waals surface area (Å²) in [7, 11) is 3.88. The van der Waals surface area contributed by atoms with E-state index in [0.717, 1.165) is 18.5 Å². The van der Waals surface area contributed by atoms with E-state index >= 15 is 0 Å². The Bertz CT molecular complexity index is 499. The number of carbonyl (C=O) groups is 1. The highest BCUT2D eigenvalue weighted by Gasteiger charge is 2.26. The Morgan fingerprint density at radius 1 is 1.33 bits per heavy atom. The van der Waals surface area contributed by atoms with Crippen LogP contribution in [0.5, 0.6) is 0 Å². The van der Waals surface area contributed by atoms with Crippen LogP contribution in [0, 0.1) is 5.92 Å². The van der Waals surface area contributed by atoms with E-state index in [-0.39, 0.29) is 5.91 Å². The van der Waals surface area contributed by atoms with Gasteiger partial charge in [-0.2, -0.15) is 0 Å². The van der Waals surface area contributed by atoms with E-state index in [2.05, 4.69) is 12.2 Å². The molecule has 1 amide bonds. The van der Waals surface area contributed by atoms with Crippen LogP contribution in [0.1, 0.15) is 49.4 Å². The molecule has 1 aliphatic rings. The third-order valence-electron chi connectivity index (χ3n) is 4.50. The maximum absolute atomic E-state index is 12.7. The van der Waals surface area contributed by atoms with E-state index in [4.69, 9.17) is 5.73 Å². The second-order valence-corrected chi connectivity index (χ2v) is 6.20. The first-order valence-electron chi connectivity index (χ1n) is 7.90. The maximum atomic E-state index is 12.7. The van der Waals surface area contributed by atoms with Crippen LogP contribution in [-0.4, -0.2) is 26.0 Å². The Balaban J connectivity index is 2.17. The highest BCUT2D eigenvalue weighted by molar-refractivity contribution is 6.00. The first kappa shape index (κ1) is 15.7. The molecule has 4 heteroatoms. The molecule has 1 aromatic carbocycles. The molecule has 0 heterocycles. The van der Waals surface area contributed by atoms with Crippen molar-refractivity contribution in [3.8, 4) is 0 Å². The molecule has 1 aliphatic carbocycles. The molecule has 1 saturated carbocycles. The summed E-state index contributed by atoms with van der Waals surface area (Å²) in [6.45, 7) is 2.21. The lowest BCUT2D eigenvalue weighted by atomic mass is 9.83. The molecular weight excluding hydrogens is 262 g/mol. The normalized spacial score (nSPS) is 21.9. The number of anilines is 2. The minimum absolute atomic E-state index is 0.00338. The van der Waals surface area contributed by atoms with Gasteiger partial charge < -0.3 is 16.0 Å². The number of nitrogens with two attached hydrogens (primary N) is 1. The molecule has 2 unspecified atom stereocenters. The predicted molar refractivity (Wildman–Crippen MR) is 88.7 cm³/mol. The first-order chi connectivity index (χ1) is 10.0. The standard InChI is InChI=1S/C17H27N3O/c1-4-12-7-5-6-8-15(12)19-17(21)14-11-13(18)9-10-16(14)20(2)3/h9-12,15H,4-8,18H2,1-3H3,(H,19,21). The Morgan fingerprint density at radius 3 is 2.71 bits per heavy atom. The third kappa shape index (κ3) is 3.69. The van der Waals surface area contributed by atoms with Crippen molar-refractivity contribution in [3.05, 3.63) is 23.8 Å². The van der Waals surface area contributed by atoms with Crippen LogP contribution in [0.3, 0.4) is 0 Å². The van der Waals surface area contributed by atoms with E-state index in [1.54, 1.807) is 6.07 Å². The van der Waals surface area contributed by atoms with Crippen molar-refractivity contribution in [1.29, 1.82) is 0 Å². The molecule has 116 valence electrons. The van der Waals surface area contributed by atoms with Gasteiger partial charge in [0.2, 0.25) is 0 Å². The van der Waals surface area contributed by atoms with Gasteiger partial charge in [0.25, 0.3) is 5.91 Å². The fraction of sp³-hybridized carbons (Fsp3) is 0.588. The molecule has 2 atom stereocenters. The van der Waals surface area contributed by atoms with Crippen molar-refractivity contribution in [3.63, 3.8) is 0 Å². The summed E-state index contributed by atoms with van der Waals surface area (Å²) < 4.78 is 0. The second kappa shape index (κ2) is 6.83. The van der Waals surface area contributed by atoms with Crippen molar-refractivity contribution >= 4 is 17.3 Å². The fourth-order valence-electron chi connectivity index (χ4n) is 3.26. The topological polar surface area (TPSA) is 58.4 Å². The molecule has 0 aliphatic heterocycles. The van der Waals surface area contributed by atoms with Crippen molar-refractivity contribution in [2.24, 2.45) is 5.92 Å².